The molecule has 0 aliphatic rings. The third kappa shape index (κ3) is 3.12. The van der Waals surface area contributed by atoms with E-state index in [1.165, 1.54) is 0 Å². The summed E-state index contributed by atoms with van der Waals surface area (Å²) in [4.78, 5) is 16.5. The van der Waals surface area contributed by atoms with Gasteiger partial charge < -0.3 is 11.1 Å². The topological polar surface area (TPSA) is 68.0 Å². The summed E-state index contributed by atoms with van der Waals surface area (Å²) in [6.45, 7) is 5.76. The first-order chi connectivity index (χ1) is 8.97. The second-order valence-electron chi connectivity index (χ2n) is 4.59. The van der Waals surface area contributed by atoms with Crippen LogP contribution in [-0.2, 0) is 0 Å². The maximum Gasteiger partial charge on any atom is 0.251 e. The number of amides is 1. The second kappa shape index (κ2) is 5.40. The molecule has 3 N–H and O–H groups in total. The van der Waals surface area contributed by atoms with Crippen LogP contribution in [0.3, 0.4) is 0 Å². The quantitative estimate of drug-likeness (QED) is 0.846. The lowest BCUT2D eigenvalue weighted by atomic mass is 10.1. The fraction of sp³-hybridized carbons (Fsp3) is 0.286. The van der Waals surface area contributed by atoms with Crippen molar-refractivity contribution in [2.45, 2.75) is 26.8 Å². The van der Waals surface area contributed by atoms with Gasteiger partial charge in [0.2, 0.25) is 0 Å². The number of rotatable bonds is 3. The molecular formula is C14H17N3OS. The summed E-state index contributed by atoms with van der Waals surface area (Å²) in [5.41, 5.74) is 8.94. The first-order valence-corrected chi connectivity index (χ1v) is 6.94. The summed E-state index contributed by atoms with van der Waals surface area (Å²) in [7, 11) is 0. The summed E-state index contributed by atoms with van der Waals surface area (Å²) < 4.78 is 0. The highest BCUT2D eigenvalue weighted by atomic mass is 32.1. The van der Waals surface area contributed by atoms with Crippen LogP contribution >= 0.6 is 11.3 Å². The Bertz CT molecular complexity index is 606. The minimum atomic E-state index is -0.108. The van der Waals surface area contributed by atoms with Gasteiger partial charge in [-0.2, -0.15) is 0 Å². The van der Waals surface area contributed by atoms with Gasteiger partial charge in [0.25, 0.3) is 5.91 Å². The second-order valence-corrected chi connectivity index (χ2v) is 5.48. The number of nitrogens with two attached hydrogens (primary N) is 1. The van der Waals surface area contributed by atoms with Crippen molar-refractivity contribution in [1.82, 2.24) is 10.3 Å². The third-order valence-corrected chi connectivity index (χ3v) is 4.03. The number of benzene rings is 1. The Morgan fingerprint density at radius 1 is 1.42 bits per heavy atom. The predicted molar refractivity (Wildman–Crippen MR) is 78.3 cm³/mol. The van der Waals surface area contributed by atoms with Gasteiger partial charge in [0.1, 0.15) is 5.01 Å². The van der Waals surface area contributed by atoms with E-state index in [0.717, 1.165) is 16.3 Å². The number of aryl methyl sites for hydroxylation is 2. The van der Waals surface area contributed by atoms with E-state index in [1.807, 2.05) is 26.2 Å². The van der Waals surface area contributed by atoms with Gasteiger partial charge in [-0.15, -0.1) is 11.3 Å². The Labute approximate surface area is 116 Å². The van der Waals surface area contributed by atoms with Crippen LogP contribution in [0.15, 0.2) is 23.6 Å². The molecule has 0 aliphatic carbocycles. The number of aromatic nitrogens is 1. The van der Waals surface area contributed by atoms with E-state index in [2.05, 4.69) is 10.3 Å². The fourth-order valence-corrected chi connectivity index (χ4v) is 2.53. The summed E-state index contributed by atoms with van der Waals surface area (Å²) in [5.74, 6) is -0.108. The molecule has 1 aromatic heterocycles. The van der Waals surface area contributed by atoms with Gasteiger partial charge in [-0.25, -0.2) is 4.98 Å². The Morgan fingerprint density at radius 3 is 2.74 bits per heavy atom. The SMILES string of the molecule is Cc1csc(C(C)NC(=O)c2ccc(N)c(C)c2)n1. The molecule has 1 atom stereocenters. The zero-order valence-corrected chi connectivity index (χ0v) is 12.0. The first kappa shape index (κ1) is 13.5. The average molecular weight is 275 g/mol. The largest absolute Gasteiger partial charge is 0.399 e. The van der Waals surface area contributed by atoms with Crippen LogP contribution in [0.1, 0.15) is 39.6 Å². The Hall–Kier alpha value is -1.88. The van der Waals surface area contributed by atoms with Crippen LogP contribution in [0.5, 0.6) is 0 Å². The smallest absolute Gasteiger partial charge is 0.251 e. The summed E-state index contributed by atoms with van der Waals surface area (Å²) in [6, 6.07) is 5.19. The van der Waals surface area contributed by atoms with E-state index < -0.39 is 0 Å². The Morgan fingerprint density at radius 2 is 2.16 bits per heavy atom. The fourth-order valence-electron chi connectivity index (χ4n) is 1.73. The van der Waals surface area contributed by atoms with Gasteiger partial charge in [0, 0.05) is 22.3 Å². The van der Waals surface area contributed by atoms with Crippen molar-refractivity contribution in [3.63, 3.8) is 0 Å². The van der Waals surface area contributed by atoms with Crippen molar-refractivity contribution in [3.8, 4) is 0 Å². The number of anilines is 1. The highest BCUT2D eigenvalue weighted by molar-refractivity contribution is 7.09. The van der Waals surface area contributed by atoms with E-state index >= 15 is 0 Å². The monoisotopic (exact) mass is 275 g/mol. The number of hydrogen-bond donors (Lipinski definition) is 2. The molecule has 0 radical (unpaired) electrons. The van der Waals surface area contributed by atoms with Gasteiger partial charge in [0.05, 0.1) is 6.04 Å². The Balaban J connectivity index is 2.10. The molecule has 0 aliphatic heterocycles. The van der Waals surface area contributed by atoms with Crippen LogP contribution in [0.2, 0.25) is 0 Å². The minimum Gasteiger partial charge on any atom is -0.399 e. The molecule has 1 unspecified atom stereocenters. The van der Waals surface area contributed by atoms with Crippen molar-refractivity contribution >= 4 is 22.9 Å². The van der Waals surface area contributed by atoms with Crippen molar-refractivity contribution in [1.29, 1.82) is 0 Å². The molecule has 0 saturated carbocycles. The molecule has 0 spiro atoms. The number of hydrogen-bond acceptors (Lipinski definition) is 4. The summed E-state index contributed by atoms with van der Waals surface area (Å²) in [6.07, 6.45) is 0. The molecule has 2 rings (SSSR count). The number of carbonyl (C=O) groups is 1. The number of nitrogens with one attached hydrogen (secondary N) is 1. The lowest BCUT2D eigenvalue weighted by molar-refractivity contribution is 0.0939. The lowest BCUT2D eigenvalue weighted by Crippen LogP contribution is -2.26. The number of carbonyl (C=O) groups excluding carboxylic acids is 1. The van der Waals surface area contributed by atoms with E-state index in [-0.39, 0.29) is 11.9 Å². The molecule has 1 amide bonds. The molecule has 4 nitrogen and oxygen atoms in total. The van der Waals surface area contributed by atoms with Crippen molar-refractivity contribution in [2.75, 3.05) is 5.73 Å². The van der Waals surface area contributed by atoms with Crippen molar-refractivity contribution in [3.05, 3.63) is 45.4 Å². The molecule has 0 bridgehead atoms. The highest BCUT2D eigenvalue weighted by Gasteiger charge is 2.14. The van der Waals surface area contributed by atoms with Gasteiger partial charge in [-0.3, -0.25) is 4.79 Å². The van der Waals surface area contributed by atoms with Crippen LogP contribution in [0.4, 0.5) is 5.69 Å². The average Bonchev–Trinajstić information content (AvgIpc) is 2.79. The van der Waals surface area contributed by atoms with Gasteiger partial charge in [-0.05, 0) is 44.5 Å². The Kier molecular flexibility index (Phi) is 3.85. The first-order valence-electron chi connectivity index (χ1n) is 6.06. The van der Waals surface area contributed by atoms with E-state index in [4.69, 9.17) is 5.73 Å². The summed E-state index contributed by atoms with van der Waals surface area (Å²) in [5, 5.41) is 5.83. The highest BCUT2D eigenvalue weighted by Crippen LogP contribution is 2.18. The van der Waals surface area contributed by atoms with Gasteiger partial charge in [-0.1, -0.05) is 0 Å². The van der Waals surface area contributed by atoms with E-state index in [0.29, 0.717) is 11.3 Å². The molecule has 0 saturated heterocycles. The molecular weight excluding hydrogens is 258 g/mol. The standard InChI is InChI=1S/C14H17N3OS/c1-8-6-11(4-5-12(8)15)13(18)17-10(3)14-16-9(2)7-19-14/h4-7,10H,15H2,1-3H3,(H,17,18). The maximum absolute atomic E-state index is 12.1. The molecule has 19 heavy (non-hydrogen) atoms. The zero-order valence-electron chi connectivity index (χ0n) is 11.2. The lowest BCUT2D eigenvalue weighted by Gasteiger charge is -2.12. The van der Waals surface area contributed by atoms with E-state index in [1.54, 1.807) is 29.5 Å². The number of nitrogens with zero attached hydrogens (tertiary/aromatic N) is 1. The van der Waals surface area contributed by atoms with Crippen molar-refractivity contribution < 1.29 is 4.79 Å². The van der Waals surface area contributed by atoms with Crippen LogP contribution in [0, 0.1) is 13.8 Å². The molecule has 2 aromatic rings. The molecule has 100 valence electrons. The van der Waals surface area contributed by atoms with Gasteiger partial charge in [0.15, 0.2) is 0 Å². The third-order valence-electron chi connectivity index (χ3n) is 2.89. The van der Waals surface area contributed by atoms with E-state index in [9.17, 15) is 4.79 Å². The van der Waals surface area contributed by atoms with Crippen LogP contribution in [-0.4, -0.2) is 10.9 Å². The molecule has 5 heteroatoms. The van der Waals surface area contributed by atoms with Crippen LogP contribution in [0.25, 0.3) is 0 Å². The molecule has 1 aromatic carbocycles. The van der Waals surface area contributed by atoms with Crippen LogP contribution < -0.4 is 11.1 Å². The van der Waals surface area contributed by atoms with Gasteiger partial charge >= 0.3 is 0 Å². The molecule has 0 fully saturated rings. The summed E-state index contributed by atoms with van der Waals surface area (Å²) >= 11 is 1.55. The van der Waals surface area contributed by atoms with Crippen molar-refractivity contribution in [2.24, 2.45) is 0 Å². The minimum absolute atomic E-state index is 0.0935. The maximum atomic E-state index is 12.1. The normalized spacial score (nSPS) is 12.2. The number of thiazole rings is 1. The zero-order chi connectivity index (χ0) is 14.0. The molecule has 1 heterocycles. The predicted octanol–water partition coefficient (Wildman–Crippen LogP) is 2.83. The number of nitrogen functional groups attached to an aromatic ring is 1.